The van der Waals surface area contributed by atoms with Crippen LogP contribution in [0.15, 0.2) is 16.5 Å². The van der Waals surface area contributed by atoms with Gasteiger partial charge in [0.15, 0.2) is 0 Å². The average Bonchev–Trinajstić information content (AvgIpc) is 2.79. The first-order valence-electron chi connectivity index (χ1n) is 5.54. The van der Waals surface area contributed by atoms with Crippen LogP contribution in [0.3, 0.4) is 0 Å². The molecule has 0 amide bonds. The Bertz CT molecular complexity index is 444. The lowest BCUT2D eigenvalue weighted by molar-refractivity contribution is -0.402. The van der Waals surface area contributed by atoms with Gasteiger partial charge >= 0.3 is 11.9 Å². The molecule has 1 heterocycles. The molecule has 2 rings (SSSR count). The average molecular weight is 239 g/mol. The zero-order chi connectivity index (χ0) is 12.5. The van der Waals surface area contributed by atoms with Crippen LogP contribution in [-0.2, 0) is 10.2 Å². The lowest BCUT2D eigenvalue weighted by Crippen LogP contribution is -2.37. The van der Waals surface area contributed by atoms with Gasteiger partial charge in [-0.1, -0.05) is 19.3 Å². The number of rotatable bonds is 3. The van der Waals surface area contributed by atoms with Gasteiger partial charge in [0.05, 0.1) is 6.07 Å². The van der Waals surface area contributed by atoms with Crippen molar-refractivity contribution in [3.8, 4) is 0 Å². The number of hydrogen-bond acceptors (Lipinski definition) is 4. The molecule has 0 atom stereocenters. The quantitative estimate of drug-likeness (QED) is 0.645. The van der Waals surface area contributed by atoms with E-state index in [0.717, 1.165) is 19.3 Å². The Kier molecular flexibility index (Phi) is 2.87. The molecule has 1 N–H and O–H groups in total. The van der Waals surface area contributed by atoms with E-state index in [2.05, 4.69) is 0 Å². The van der Waals surface area contributed by atoms with Crippen LogP contribution in [-0.4, -0.2) is 16.0 Å². The Morgan fingerprint density at radius 1 is 1.35 bits per heavy atom. The lowest BCUT2D eigenvalue weighted by atomic mass is 9.72. The Balaban J connectivity index is 2.38. The molecule has 0 unspecified atom stereocenters. The number of nitro groups is 1. The second-order valence-electron chi connectivity index (χ2n) is 4.34. The van der Waals surface area contributed by atoms with Crippen molar-refractivity contribution in [1.29, 1.82) is 0 Å². The third-order valence-corrected chi connectivity index (χ3v) is 3.36. The molecular formula is C11H13NO5. The fourth-order valence-corrected chi connectivity index (χ4v) is 2.40. The summed E-state index contributed by atoms with van der Waals surface area (Å²) >= 11 is 0. The van der Waals surface area contributed by atoms with Crippen LogP contribution < -0.4 is 0 Å². The van der Waals surface area contributed by atoms with Gasteiger partial charge < -0.3 is 9.52 Å². The second-order valence-corrected chi connectivity index (χ2v) is 4.34. The van der Waals surface area contributed by atoms with E-state index in [1.165, 1.54) is 12.1 Å². The van der Waals surface area contributed by atoms with Crippen molar-refractivity contribution < 1.29 is 19.2 Å². The lowest BCUT2D eigenvalue weighted by Gasteiger charge is -2.30. The van der Waals surface area contributed by atoms with E-state index >= 15 is 0 Å². The highest BCUT2D eigenvalue weighted by molar-refractivity contribution is 5.80. The molecule has 1 aliphatic carbocycles. The van der Waals surface area contributed by atoms with E-state index in [9.17, 15) is 20.0 Å². The molecule has 17 heavy (non-hydrogen) atoms. The van der Waals surface area contributed by atoms with Gasteiger partial charge in [0.2, 0.25) is 0 Å². The number of carboxylic acids is 1. The molecule has 0 aromatic carbocycles. The predicted molar refractivity (Wildman–Crippen MR) is 57.8 cm³/mol. The summed E-state index contributed by atoms with van der Waals surface area (Å²) in [5.74, 6) is -1.15. The minimum Gasteiger partial charge on any atom is -0.480 e. The molecule has 0 radical (unpaired) electrons. The highest BCUT2D eigenvalue weighted by Crippen LogP contribution is 2.41. The summed E-state index contributed by atoms with van der Waals surface area (Å²) in [5, 5.41) is 19.9. The highest BCUT2D eigenvalue weighted by atomic mass is 16.6. The Hall–Kier alpha value is -1.85. The maximum atomic E-state index is 11.4. The molecule has 1 aromatic heterocycles. The minimum atomic E-state index is -1.08. The smallest absolute Gasteiger partial charge is 0.433 e. The highest BCUT2D eigenvalue weighted by Gasteiger charge is 2.44. The number of aliphatic carboxylic acids is 1. The zero-order valence-electron chi connectivity index (χ0n) is 9.22. The maximum absolute atomic E-state index is 11.4. The van der Waals surface area contributed by atoms with Crippen molar-refractivity contribution in [1.82, 2.24) is 0 Å². The van der Waals surface area contributed by atoms with Crippen molar-refractivity contribution in [2.75, 3.05) is 0 Å². The van der Waals surface area contributed by atoms with Gasteiger partial charge in [0, 0.05) is 0 Å². The number of carboxylic acid groups (broad SMARTS) is 1. The fraction of sp³-hybridized carbons (Fsp3) is 0.545. The van der Waals surface area contributed by atoms with Gasteiger partial charge in [0.25, 0.3) is 0 Å². The van der Waals surface area contributed by atoms with Crippen LogP contribution in [0.25, 0.3) is 0 Å². The molecule has 92 valence electrons. The van der Waals surface area contributed by atoms with Gasteiger partial charge in [0.1, 0.15) is 16.1 Å². The normalized spacial score (nSPS) is 18.8. The van der Waals surface area contributed by atoms with E-state index in [-0.39, 0.29) is 5.76 Å². The van der Waals surface area contributed by atoms with Crippen molar-refractivity contribution in [3.05, 3.63) is 28.0 Å². The van der Waals surface area contributed by atoms with Crippen molar-refractivity contribution in [2.24, 2.45) is 0 Å². The van der Waals surface area contributed by atoms with E-state index in [1.807, 2.05) is 0 Å². The Labute approximate surface area is 97.4 Å². The van der Waals surface area contributed by atoms with Gasteiger partial charge in [-0.25, -0.2) is 0 Å². The first kappa shape index (κ1) is 11.6. The van der Waals surface area contributed by atoms with Crippen molar-refractivity contribution in [3.63, 3.8) is 0 Å². The van der Waals surface area contributed by atoms with E-state index in [0.29, 0.717) is 12.8 Å². The first-order valence-corrected chi connectivity index (χ1v) is 5.54. The largest absolute Gasteiger partial charge is 0.480 e. The summed E-state index contributed by atoms with van der Waals surface area (Å²) in [6, 6.07) is 2.63. The van der Waals surface area contributed by atoms with E-state index in [1.54, 1.807) is 0 Å². The first-order chi connectivity index (χ1) is 8.06. The SMILES string of the molecule is O=C(O)C1(c2ccc([N+](=O)[O-])o2)CCCCC1. The second kappa shape index (κ2) is 4.20. The Morgan fingerprint density at radius 2 is 2.00 bits per heavy atom. The van der Waals surface area contributed by atoms with Crippen molar-refractivity contribution in [2.45, 2.75) is 37.5 Å². The standard InChI is InChI=1S/C11H13NO5/c13-10(14)11(6-2-1-3-7-11)8-4-5-9(17-8)12(15)16/h4-5H,1-3,6-7H2,(H,13,14). The van der Waals surface area contributed by atoms with E-state index in [4.69, 9.17) is 4.42 Å². The molecule has 0 spiro atoms. The summed E-state index contributed by atoms with van der Waals surface area (Å²) in [4.78, 5) is 21.3. The molecule has 0 bridgehead atoms. The molecule has 1 aliphatic rings. The van der Waals surface area contributed by atoms with Crippen LogP contribution >= 0.6 is 0 Å². The minimum absolute atomic E-state index is 0.205. The van der Waals surface area contributed by atoms with Crippen molar-refractivity contribution >= 4 is 11.9 Å². The summed E-state index contributed by atoms with van der Waals surface area (Å²) in [5.41, 5.74) is -1.08. The summed E-state index contributed by atoms with van der Waals surface area (Å²) in [6.45, 7) is 0. The fourth-order valence-electron chi connectivity index (χ4n) is 2.40. The summed E-state index contributed by atoms with van der Waals surface area (Å²) in [7, 11) is 0. The number of hydrogen-bond donors (Lipinski definition) is 1. The van der Waals surface area contributed by atoms with Gasteiger partial charge in [-0.3, -0.25) is 14.9 Å². The van der Waals surface area contributed by atoms with E-state index < -0.39 is 22.2 Å². The molecule has 1 fully saturated rings. The van der Waals surface area contributed by atoms with Crippen LogP contribution in [0.5, 0.6) is 0 Å². The number of furan rings is 1. The molecular weight excluding hydrogens is 226 g/mol. The van der Waals surface area contributed by atoms with Crippen LogP contribution in [0, 0.1) is 10.1 Å². The number of nitrogens with zero attached hydrogens (tertiary/aromatic N) is 1. The van der Waals surface area contributed by atoms with Crippen LogP contribution in [0.4, 0.5) is 5.88 Å². The molecule has 6 nitrogen and oxygen atoms in total. The van der Waals surface area contributed by atoms with Crippen LogP contribution in [0.1, 0.15) is 37.9 Å². The monoisotopic (exact) mass is 239 g/mol. The van der Waals surface area contributed by atoms with Gasteiger partial charge in [-0.15, -0.1) is 0 Å². The molecule has 0 saturated heterocycles. The summed E-state index contributed by atoms with van der Waals surface area (Å²) < 4.78 is 5.07. The topological polar surface area (TPSA) is 93.6 Å². The van der Waals surface area contributed by atoms with Gasteiger partial charge in [-0.2, -0.15) is 0 Å². The van der Waals surface area contributed by atoms with Gasteiger partial charge in [-0.05, 0) is 18.9 Å². The third-order valence-electron chi connectivity index (χ3n) is 3.36. The third kappa shape index (κ3) is 1.90. The Morgan fingerprint density at radius 3 is 2.47 bits per heavy atom. The molecule has 0 aliphatic heterocycles. The molecule has 6 heteroatoms. The molecule has 1 aromatic rings. The van der Waals surface area contributed by atoms with Crippen LogP contribution in [0.2, 0.25) is 0 Å². The summed E-state index contributed by atoms with van der Waals surface area (Å²) in [6.07, 6.45) is 3.57. The zero-order valence-corrected chi connectivity index (χ0v) is 9.22. The predicted octanol–water partition coefficient (Wildman–Crippen LogP) is 2.47. The molecule has 1 saturated carbocycles. The maximum Gasteiger partial charge on any atom is 0.433 e. The number of carbonyl (C=O) groups is 1.